The number of rotatable bonds is 14. The molecule has 0 spiro atoms. The average Bonchev–Trinajstić information content (AvgIpc) is 3.36. The highest BCUT2D eigenvalue weighted by atomic mass is 16.6. The van der Waals surface area contributed by atoms with Crippen LogP contribution in [0.15, 0.2) is 78.9 Å². The summed E-state index contributed by atoms with van der Waals surface area (Å²) < 4.78 is 10.8. The fraction of sp³-hybridized carbons (Fsp3) is 0.378. The maximum Gasteiger partial charge on any atom is 0.407 e. The van der Waals surface area contributed by atoms with Gasteiger partial charge in [-0.25, -0.2) is 4.79 Å². The second-order valence-corrected chi connectivity index (χ2v) is 12.8. The van der Waals surface area contributed by atoms with Crippen LogP contribution in [0.3, 0.4) is 0 Å². The maximum absolute atomic E-state index is 13.1. The third-order valence-corrected chi connectivity index (χ3v) is 7.68. The van der Waals surface area contributed by atoms with Crippen molar-refractivity contribution in [2.24, 2.45) is 0 Å². The summed E-state index contributed by atoms with van der Waals surface area (Å²) in [6, 6.07) is 24.2. The van der Waals surface area contributed by atoms with Crippen LogP contribution in [0.5, 0.6) is 0 Å². The van der Waals surface area contributed by atoms with Gasteiger partial charge in [0, 0.05) is 18.4 Å². The number of esters is 1. The van der Waals surface area contributed by atoms with Crippen molar-refractivity contribution < 1.29 is 33.4 Å². The van der Waals surface area contributed by atoms with Crippen LogP contribution in [0.1, 0.15) is 63.1 Å². The molecule has 2 atom stereocenters. The predicted molar refractivity (Wildman–Crippen MR) is 181 cm³/mol. The highest BCUT2D eigenvalue weighted by Crippen LogP contribution is 2.44. The number of fused-ring (bicyclic) bond motifs is 3. The van der Waals surface area contributed by atoms with Crippen molar-refractivity contribution in [2.75, 3.05) is 19.7 Å². The van der Waals surface area contributed by atoms with Crippen molar-refractivity contribution in [1.82, 2.24) is 21.3 Å². The molecule has 4 amide bonds. The molecule has 0 aromatic heterocycles. The molecule has 0 saturated heterocycles. The smallest absolute Gasteiger partial charge is 0.407 e. The molecule has 0 radical (unpaired) electrons. The Morgan fingerprint density at radius 3 is 1.98 bits per heavy atom. The SMILES string of the molecule is CC(Cc1ccccc1)NC(=O)CNC(=O)CCC(NC(=O)OCC1c2ccccc2-c2ccccc21)C(=O)NCC(=O)OC(C)(C)C. The number of carbonyl (C=O) groups is 5. The first-order chi connectivity index (χ1) is 22.9. The Morgan fingerprint density at radius 2 is 1.35 bits per heavy atom. The molecule has 11 nitrogen and oxygen atoms in total. The van der Waals surface area contributed by atoms with Gasteiger partial charge in [-0.1, -0.05) is 78.9 Å². The lowest BCUT2D eigenvalue weighted by molar-refractivity contribution is -0.154. The molecule has 4 N–H and O–H groups in total. The van der Waals surface area contributed by atoms with Gasteiger partial charge in [0.1, 0.15) is 24.8 Å². The summed E-state index contributed by atoms with van der Waals surface area (Å²) in [6.45, 7) is 6.36. The zero-order valence-electron chi connectivity index (χ0n) is 27.8. The summed E-state index contributed by atoms with van der Waals surface area (Å²) in [5.41, 5.74) is 4.55. The van der Waals surface area contributed by atoms with E-state index in [2.05, 4.69) is 21.3 Å². The average molecular weight is 657 g/mol. The van der Waals surface area contributed by atoms with E-state index in [0.717, 1.165) is 27.8 Å². The van der Waals surface area contributed by atoms with Crippen LogP contribution < -0.4 is 21.3 Å². The number of benzene rings is 3. The highest BCUT2D eigenvalue weighted by Gasteiger charge is 2.30. The lowest BCUT2D eigenvalue weighted by atomic mass is 9.98. The molecule has 0 fully saturated rings. The predicted octanol–water partition coefficient (Wildman–Crippen LogP) is 4.00. The van der Waals surface area contributed by atoms with Gasteiger partial charge in [0.05, 0.1) is 6.54 Å². The Bertz CT molecular complexity index is 1560. The van der Waals surface area contributed by atoms with Crippen LogP contribution in [-0.4, -0.2) is 67.2 Å². The minimum absolute atomic E-state index is 0.0321. The first-order valence-corrected chi connectivity index (χ1v) is 16.1. The molecule has 0 aliphatic heterocycles. The molecule has 3 aromatic rings. The van der Waals surface area contributed by atoms with Crippen molar-refractivity contribution in [3.05, 3.63) is 95.6 Å². The molecule has 4 rings (SSSR count). The third kappa shape index (κ3) is 10.7. The summed E-state index contributed by atoms with van der Waals surface area (Å²) in [6.07, 6.45) is -0.493. The lowest BCUT2D eigenvalue weighted by Gasteiger charge is -2.21. The summed E-state index contributed by atoms with van der Waals surface area (Å²) in [7, 11) is 0. The van der Waals surface area contributed by atoms with Gasteiger partial charge in [0.15, 0.2) is 0 Å². The maximum atomic E-state index is 13.1. The number of nitrogens with one attached hydrogen (secondary N) is 4. The molecule has 48 heavy (non-hydrogen) atoms. The van der Waals surface area contributed by atoms with Crippen molar-refractivity contribution in [1.29, 1.82) is 0 Å². The van der Waals surface area contributed by atoms with Gasteiger partial charge in [0.25, 0.3) is 0 Å². The first-order valence-electron chi connectivity index (χ1n) is 16.1. The Kier molecular flexibility index (Phi) is 12.3. The minimum atomic E-state index is -1.20. The summed E-state index contributed by atoms with van der Waals surface area (Å²) >= 11 is 0. The Balaban J connectivity index is 1.31. The molecule has 254 valence electrons. The summed E-state index contributed by atoms with van der Waals surface area (Å²) in [4.78, 5) is 63.4. The van der Waals surface area contributed by atoms with Crippen LogP contribution >= 0.6 is 0 Å². The van der Waals surface area contributed by atoms with Crippen LogP contribution in [0.2, 0.25) is 0 Å². The standard InChI is InChI=1S/C37H44N4O7/c1-24(20-25-12-6-5-7-13-25)40-33(43)21-38-32(42)19-18-31(35(45)39-22-34(44)48-37(2,3)4)41-36(46)47-23-30-28-16-10-8-14-26(28)27-15-9-11-17-29(27)30/h5-17,24,30-31H,18-23H2,1-4H3,(H,38,42)(H,39,45)(H,40,43)(H,41,46). The van der Waals surface area contributed by atoms with Crippen LogP contribution in [0.4, 0.5) is 4.79 Å². The van der Waals surface area contributed by atoms with E-state index in [1.54, 1.807) is 20.8 Å². The second kappa shape index (κ2) is 16.6. The van der Waals surface area contributed by atoms with E-state index in [0.29, 0.717) is 6.42 Å². The monoisotopic (exact) mass is 656 g/mol. The molecule has 0 bridgehead atoms. The molecular formula is C37H44N4O7. The molecule has 1 aliphatic carbocycles. The van der Waals surface area contributed by atoms with E-state index >= 15 is 0 Å². The number of alkyl carbamates (subject to hydrolysis) is 1. The molecule has 0 saturated carbocycles. The summed E-state index contributed by atoms with van der Waals surface area (Å²) in [5, 5.41) is 10.4. The van der Waals surface area contributed by atoms with Crippen molar-refractivity contribution in [3.8, 4) is 11.1 Å². The van der Waals surface area contributed by atoms with Gasteiger partial charge in [-0.2, -0.15) is 0 Å². The molecule has 0 heterocycles. The number of carbonyl (C=O) groups excluding carboxylic acids is 5. The van der Waals surface area contributed by atoms with Gasteiger partial charge >= 0.3 is 12.1 Å². The molecule has 1 aliphatic rings. The zero-order valence-corrected chi connectivity index (χ0v) is 27.8. The number of hydrogen-bond donors (Lipinski definition) is 4. The number of hydrogen-bond acceptors (Lipinski definition) is 7. The van der Waals surface area contributed by atoms with Gasteiger partial charge in [-0.3, -0.25) is 19.2 Å². The highest BCUT2D eigenvalue weighted by molar-refractivity contribution is 5.89. The second-order valence-electron chi connectivity index (χ2n) is 12.8. The lowest BCUT2D eigenvalue weighted by Crippen LogP contribution is -2.49. The van der Waals surface area contributed by atoms with Crippen LogP contribution in [0.25, 0.3) is 11.1 Å². The number of ether oxygens (including phenoxy) is 2. The van der Waals surface area contributed by atoms with E-state index in [1.807, 2.05) is 85.8 Å². The van der Waals surface area contributed by atoms with Gasteiger partial charge < -0.3 is 30.7 Å². The van der Waals surface area contributed by atoms with Crippen molar-refractivity contribution in [2.45, 2.75) is 70.6 Å². The van der Waals surface area contributed by atoms with E-state index in [4.69, 9.17) is 9.47 Å². The molecular weight excluding hydrogens is 612 g/mol. The Labute approximate surface area is 281 Å². The van der Waals surface area contributed by atoms with E-state index in [-0.39, 0.29) is 43.9 Å². The topological polar surface area (TPSA) is 152 Å². The minimum Gasteiger partial charge on any atom is -0.459 e. The third-order valence-electron chi connectivity index (χ3n) is 7.68. The molecule has 2 unspecified atom stereocenters. The van der Waals surface area contributed by atoms with Crippen molar-refractivity contribution >= 4 is 29.8 Å². The number of amides is 4. The van der Waals surface area contributed by atoms with Crippen LogP contribution in [-0.2, 0) is 35.1 Å². The quantitative estimate of drug-likeness (QED) is 0.192. The Hall–Kier alpha value is -5.19. The zero-order chi connectivity index (χ0) is 34.7. The summed E-state index contributed by atoms with van der Waals surface area (Å²) in [5.74, 6) is -2.36. The van der Waals surface area contributed by atoms with Crippen LogP contribution in [0, 0.1) is 0 Å². The fourth-order valence-electron chi connectivity index (χ4n) is 5.60. The van der Waals surface area contributed by atoms with E-state index in [9.17, 15) is 24.0 Å². The largest absolute Gasteiger partial charge is 0.459 e. The first kappa shape index (κ1) is 35.7. The van der Waals surface area contributed by atoms with Gasteiger partial charge in [0.2, 0.25) is 17.7 Å². The van der Waals surface area contributed by atoms with E-state index in [1.165, 1.54) is 0 Å². The van der Waals surface area contributed by atoms with Gasteiger partial charge in [-0.05, 0) is 68.4 Å². The fourth-order valence-corrected chi connectivity index (χ4v) is 5.60. The molecule has 11 heteroatoms. The molecule has 3 aromatic carbocycles. The van der Waals surface area contributed by atoms with Gasteiger partial charge in [-0.15, -0.1) is 0 Å². The Morgan fingerprint density at radius 1 is 0.750 bits per heavy atom. The van der Waals surface area contributed by atoms with E-state index < -0.39 is 42.1 Å². The normalized spacial score (nSPS) is 13.2. The van der Waals surface area contributed by atoms with Crippen molar-refractivity contribution in [3.63, 3.8) is 0 Å².